The Morgan fingerprint density at radius 2 is 1.78 bits per heavy atom. The van der Waals surface area contributed by atoms with Crippen LogP contribution < -0.4 is 20.4 Å². The van der Waals surface area contributed by atoms with Crippen molar-refractivity contribution in [1.29, 1.82) is 0 Å². The van der Waals surface area contributed by atoms with Gasteiger partial charge in [0, 0.05) is 43.2 Å². The molecule has 11 heteroatoms. The number of benzene rings is 2. The Hall–Kier alpha value is -4.12. The van der Waals surface area contributed by atoms with Crippen molar-refractivity contribution in [2.24, 2.45) is 0 Å². The number of fused-ring (bicyclic) bond motifs is 1. The van der Waals surface area contributed by atoms with Crippen LogP contribution in [0.4, 0.5) is 37.6 Å². The molecule has 3 heterocycles. The van der Waals surface area contributed by atoms with Gasteiger partial charge in [0.2, 0.25) is 5.95 Å². The lowest BCUT2D eigenvalue weighted by atomic mass is 10.1. The van der Waals surface area contributed by atoms with Crippen LogP contribution in [0.1, 0.15) is 23.2 Å². The molecule has 0 atom stereocenters. The van der Waals surface area contributed by atoms with Gasteiger partial charge >= 0.3 is 5.92 Å². The zero-order valence-corrected chi connectivity index (χ0v) is 20.2. The highest BCUT2D eigenvalue weighted by Crippen LogP contribution is 2.39. The third-order valence-corrected chi connectivity index (χ3v) is 6.37. The summed E-state index contributed by atoms with van der Waals surface area (Å²) in [6, 6.07) is 15.5. The Balaban J connectivity index is 1.39. The molecule has 2 aliphatic heterocycles. The summed E-state index contributed by atoms with van der Waals surface area (Å²) in [7, 11) is 1.28. The fourth-order valence-corrected chi connectivity index (χ4v) is 4.32. The van der Waals surface area contributed by atoms with Crippen molar-refractivity contribution in [2.75, 3.05) is 41.9 Å². The van der Waals surface area contributed by atoms with Crippen molar-refractivity contribution in [3.63, 3.8) is 0 Å². The fraction of sp³-hybridized carbons (Fsp3) is 0.308. The third kappa shape index (κ3) is 5.21. The number of nitrogens with zero attached hydrogens (tertiary/aromatic N) is 4. The molecular formula is C26H26F2N6O3. The van der Waals surface area contributed by atoms with Crippen LogP contribution in [0, 0.1) is 0 Å². The first-order valence-corrected chi connectivity index (χ1v) is 11.9. The number of alkyl halides is 2. The van der Waals surface area contributed by atoms with Gasteiger partial charge in [0.05, 0.1) is 12.7 Å². The molecule has 2 aliphatic rings. The molecule has 2 N–H and O–H groups in total. The van der Waals surface area contributed by atoms with Crippen LogP contribution in [-0.2, 0) is 9.53 Å². The van der Waals surface area contributed by atoms with Crippen molar-refractivity contribution in [1.82, 2.24) is 15.3 Å². The van der Waals surface area contributed by atoms with E-state index in [2.05, 4.69) is 20.6 Å². The number of para-hydroxylation sites is 1. The van der Waals surface area contributed by atoms with Crippen molar-refractivity contribution < 1.29 is 23.1 Å². The van der Waals surface area contributed by atoms with E-state index in [-0.39, 0.29) is 29.4 Å². The highest BCUT2D eigenvalue weighted by Gasteiger charge is 2.47. The Kier molecular flexibility index (Phi) is 6.70. The average Bonchev–Trinajstić information content (AvgIpc) is 2.99. The molecule has 192 valence electrons. The van der Waals surface area contributed by atoms with Crippen LogP contribution in [0.25, 0.3) is 0 Å². The summed E-state index contributed by atoms with van der Waals surface area (Å²) < 4.78 is 34.9. The van der Waals surface area contributed by atoms with Crippen LogP contribution in [0.5, 0.6) is 0 Å². The molecule has 5 rings (SSSR count). The van der Waals surface area contributed by atoms with Gasteiger partial charge in [0.1, 0.15) is 5.69 Å². The second kappa shape index (κ2) is 10.1. The Bertz CT molecular complexity index is 1280. The van der Waals surface area contributed by atoms with Gasteiger partial charge < -0.3 is 25.2 Å². The standard InChI is InChI=1S/C26H26F2N6O3/c1-33-21-15-29-25(31-18-9-7-17(8-10-18)23(35)30-19-11-13-37-14-12-19)32-22(21)34(16-26(27,28)24(33)36)20-5-3-2-4-6-20/h2-10,15,19H,11-14,16H2,1H3,(H,30,35)(H,29,31,32). The van der Waals surface area contributed by atoms with Gasteiger partial charge in [-0.2, -0.15) is 13.8 Å². The lowest BCUT2D eigenvalue weighted by Crippen LogP contribution is -2.45. The zero-order chi connectivity index (χ0) is 26.0. The van der Waals surface area contributed by atoms with Crippen molar-refractivity contribution >= 4 is 40.6 Å². The first-order valence-electron chi connectivity index (χ1n) is 11.9. The summed E-state index contributed by atoms with van der Waals surface area (Å²) in [5.74, 6) is -4.78. The van der Waals surface area contributed by atoms with Gasteiger partial charge in [-0.1, -0.05) is 18.2 Å². The number of nitrogens with one attached hydrogen (secondary N) is 2. The molecule has 9 nitrogen and oxygen atoms in total. The average molecular weight is 509 g/mol. The van der Waals surface area contributed by atoms with E-state index in [1.807, 2.05) is 0 Å². The van der Waals surface area contributed by atoms with E-state index in [0.717, 1.165) is 17.7 Å². The Labute approximate surface area is 212 Å². The first kappa shape index (κ1) is 24.6. The smallest absolute Gasteiger partial charge is 0.342 e. The molecule has 0 spiro atoms. The van der Waals surface area contributed by atoms with Gasteiger partial charge in [-0.3, -0.25) is 9.59 Å². The minimum absolute atomic E-state index is 0.0944. The van der Waals surface area contributed by atoms with Gasteiger partial charge in [-0.25, -0.2) is 4.98 Å². The molecule has 37 heavy (non-hydrogen) atoms. The van der Waals surface area contributed by atoms with Crippen molar-refractivity contribution in [2.45, 2.75) is 24.8 Å². The minimum Gasteiger partial charge on any atom is -0.381 e. The van der Waals surface area contributed by atoms with Crippen LogP contribution in [0.3, 0.4) is 0 Å². The van der Waals surface area contributed by atoms with Crippen LogP contribution >= 0.6 is 0 Å². The number of anilines is 5. The number of hydrogen-bond acceptors (Lipinski definition) is 7. The fourth-order valence-electron chi connectivity index (χ4n) is 4.32. The number of carbonyl (C=O) groups is 2. The van der Waals surface area contributed by atoms with Gasteiger partial charge in [-0.15, -0.1) is 0 Å². The predicted octanol–water partition coefficient (Wildman–Crippen LogP) is 3.88. The molecule has 0 saturated carbocycles. The summed E-state index contributed by atoms with van der Waals surface area (Å²) >= 11 is 0. The maximum atomic E-state index is 14.8. The molecular weight excluding hydrogens is 482 g/mol. The normalized spacial score (nSPS) is 17.6. The molecule has 0 aliphatic carbocycles. The molecule has 0 bridgehead atoms. The summed E-state index contributed by atoms with van der Waals surface area (Å²) in [6.07, 6.45) is 2.91. The zero-order valence-electron chi connectivity index (χ0n) is 20.2. The summed E-state index contributed by atoms with van der Waals surface area (Å²) in [4.78, 5) is 35.9. The lowest BCUT2D eigenvalue weighted by molar-refractivity contribution is -0.140. The van der Waals surface area contributed by atoms with Crippen LogP contribution in [0.15, 0.2) is 60.8 Å². The van der Waals surface area contributed by atoms with Crippen molar-refractivity contribution in [3.05, 3.63) is 66.4 Å². The number of rotatable bonds is 5. The van der Waals surface area contributed by atoms with E-state index >= 15 is 0 Å². The summed E-state index contributed by atoms with van der Waals surface area (Å²) in [6.45, 7) is 0.413. The molecule has 0 radical (unpaired) electrons. The van der Waals surface area contributed by atoms with E-state index in [9.17, 15) is 18.4 Å². The van der Waals surface area contributed by atoms with E-state index < -0.39 is 18.4 Å². The highest BCUT2D eigenvalue weighted by molar-refractivity contribution is 6.02. The molecule has 1 aromatic heterocycles. The molecule has 2 aromatic carbocycles. The Morgan fingerprint density at radius 1 is 1.08 bits per heavy atom. The maximum absolute atomic E-state index is 14.8. The molecule has 3 aromatic rings. The summed E-state index contributed by atoms with van der Waals surface area (Å²) in [5, 5.41) is 6.07. The quantitative estimate of drug-likeness (QED) is 0.540. The number of carbonyl (C=O) groups excluding carboxylic acids is 2. The van der Waals surface area contributed by atoms with Gasteiger partial charge in [0.25, 0.3) is 11.8 Å². The van der Waals surface area contributed by atoms with Gasteiger partial charge in [0.15, 0.2) is 5.82 Å². The molecule has 2 amide bonds. The minimum atomic E-state index is -3.63. The summed E-state index contributed by atoms with van der Waals surface area (Å²) in [5.41, 5.74) is 1.75. The predicted molar refractivity (Wildman–Crippen MR) is 135 cm³/mol. The highest BCUT2D eigenvalue weighted by atomic mass is 19.3. The number of amides is 2. The third-order valence-electron chi connectivity index (χ3n) is 6.37. The number of aromatic nitrogens is 2. The number of halogens is 2. The number of ether oxygens (including phenoxy) is 1. The van der Waals surface area contributed by atoms with E-state index in [0.29, 0.717) is 30.2 Å². The SMILES string of the molecule is CN1C(=O)C(F)(F)CN(c2ccccc2)c2nc(Nc3ccc(C(=O)NC4CCOCC4)cc3)ncc21. The van der Waals surface area contributed by atoms with E-state index in [1.165, 1.54) is 18.1 Å². The molecule has 1 fully saturated rings. The monoisotopic (exact) mass is 508 g/mol. The van der Waals surface area contributed by atoms with Gasteiger partial charge in [-0.05, 0) is 49.2 Å². The second-order valence-corrected chi connectivity index (χ2v) is 8.96. The van der Waals surface area contributed by atoms with Crippen LogP contribution in [-0.4, -0.2) is 60.6 Å². The number of hydrogen-bond donors (Lipinski definition) is 2. The second-order valence-electron chi connectivity index (χ2n) is 8.96. The van der Waals surface area contributed by atoms with E-state index in [1.54, 1.807) is 54.6 Å². The van der Waals surface area contributed by atoms with E-state index in [4.69, 9.17) is 4.74 Å². The van der Waals surface area contributed by atoms with Crippen LogP contribution in [0.2, 0.25) is 0 Å². The maximum Gasteiger partial charge on any atom is 0.342 e. The largest absolute Gasteiger partial charge is 0.381 e. The first-order chi connectivity index (χ1) is 17.8. The Morgan fingerprint density at radius 3 is 2.49 bits per heavy atom. The topological polar surface area (TPSA) is 99.7 Å². The van der Waals surface area contributed by atoms with Crippen molar-refractivity contribution in [3.8, 4) is 0 Å². The molecule has 0 unspecified atom stereocenters. The molecule has 1 saturated heterocycles. The lowest BCUT2D eigenvalue weighted by Gasteiger charge is -2.25.